The number of aliphatic hydroxyl groups excluding tert-OH is 1. The lowest BCUT2D eigenvalue weighted by Gasteiger charge is -2.14. The van der Waals surface area contributed by atoms with Gasteiger partial charge in [0.2, 0.25) is 0 Å². The number of alkyl halides is 1. The fourth-order valence-electron chi connectivity index (χ4n) is 1.42. The van der Waals surface area contributed by atoms with Gasteiger partial charge in [-0.3, -0.25) is 4.79 Å². The van der Waals surface area contributed by atoms with Crippen molar-refractivity contribution in [1.29, 1.82) is 0 Å². The van der Waals surface area contributed by atoms with Crippen molar-refractivity contribution < 1.29 is 9.90 Å². The normalized spacial score (nSPS) is 18.6. The van der Waals surface area contributed by atoms with Crippen molar-refractivity contribution in [2.75, 3.05) is 5.33 Å². The molecule has 0 saturated carbocycles. The third kappa shape index (κ3) is 2.34. The van der Waals surface area contributed by atoms with E-state index in [1.54, 1.807) is 0 Å². The summed E-state index contributed by atoms with van der Waals surface area (Å²) in [5, 5.41) is 10.3. The number of Topliss-reactive ketones (excluding diaryl/α,β-unsaturated/α-hetero) is 1. The minimum Gasteiger partial charge on any atom is -0.504 e. The molecule has 0 fully saturated rings. The quantitative estimate of drug-likeness (QED) is 0.761. The second-order valence-corrected chi connectivity index (χ2v) is 3.81. The lowest BCUT2D eigenvalue weighted by Crippen LogP contribution is -2.11. The van der Waals surface area contributed by atoms with E-state index in [-0.39, 0.29) is 11.5 Å². The van der Waals surface area contributed by atoms with Gasteiger partial charge in [-0.2, -0.15) is 0 Å². The molecule has 0 aromatic rings. The number of ketones is 1. The Balaban J connectivity index is 2.59. The van der Waals surface area contributed by atoms with E-state index in [1.165, 1.54) is 0 Å². The third-order valence-corrected chi connectivity index (χ3v) is 2.65. The molecule has 2 nitrogen and oxygen atoms in total. The van der Waals surface area contributed by atoms with E-state index in [9.17, 15) is 9.90 Å². The molecule has 3 heteroatoms. The monoisotopic (exact) mass is 232 g/mol. The van der Waals surface area contributed by atoms with Gasteiger partial charge in [0, 0.05) is 11.8 Å². The van der Waals surface area contributed by atoms with E-state index in [4.69, 9.17) is 0 Å². The molecule has 1 rings (SSSR count). The van der Waals surface area contributed by atoms with Gasteiger partial charge in [0.1, 0.15) is 0 Å². The molecule has 1 N–H and O–H groups in total. The van der Waals surface area contributed by atoms with Crippen molar-refractivity contribution in [3.63, 3.8) is 0 Å². The lowest BCUT2D eigenvalue weighted by molar-refractivity contribution is -0.118. The van der Waals surface area contributed by atoms with Crippen LogP contribution in [0.25, 0.3) is 0 Å². The summed E-state index contributed by atoms with van der Waals surface area (Å²) in [6.45, 7) is 0. The molecule has 12 heavy (non-hydrogen) atoms. The fourth-order valence-corrected chi connectivity index (χ4v) is 1.70. The number of hydrogen-bond acceptors (Lipinski definition) is 2. The first-order valence-corrected chi connectivity index (χ1v) is 5.38. The van der Waals surface area contributed by atoms with Crippen molar-refractivity contribution >= 4 is 21.7 Å². The largest absolute Gasteiger partial charge is 0.504 e. The van der Waals surface area contributed by atoms with Gasteiger partial charge in [-0.1, -0.05) is 15.9 Å². The predicted molar refractivity (Wildman–Crippen MR) is 51.5 cm³/mol. The topological polar surface area (TPSA) is 37.3 Å². The van der Waals surface area contributed by atoms with E-state index in [0.29, 0.717) is 6.42 Å². The third-order valence-electron chi connectivity index (χ3n) is 2.09. The predicted octanol–water partition coefficient (Wildman–Crippen LogP) is 2.73. The molecule has 68 valence electrons. The summed E-state index contributed by atoms with van der Waals surface area (Å²) in [7, 11) is 0. The molecule has 0 heterocycles. The van der Waals surface area contributed by atoms with Crippen LogP contribution in [0.3, 0.4) is 0 Å². The van der Waals surface area contributed by atoms with Gasteiger partial charge in [0.25, 0.3) is 0 Å². The zero-order valence-corrected chi connectivity index (χ0v) is 8.56. The molecule has 0 radical (unpaired) electrons. The van der Waals surface area contributed by atoms with Crippen molar-refractivity contribution in [3.8, 4) is 0 Å². The summed E-state index contributed by atoms with van der Waals surface area (Å²) in [5.41, 5.74) is 0.950. The summed E-state index contributed by atoms with van der Waals surface area (Å²) in [5.74, 6) is -0.0342. The smallest absolute Gasteiger partial charge is 0.197 e. The first-order chi connectivity index (χ1) is 5.75. The highest BCUT2D eigenvalue weighted by molar-refractivity contribution is 9.09. The van der Waals surface area contributed by atoms with Crippen LogP contribution in [0.2, 0.25) is 0 Å². The van der Waals surface area contributed by atoms with Crippen LogP contribution in [-0.2, 0) is 4.79 Å². The second-order valence-electron chi connectivity index (χ2n) is 3.02. The Morgan fingerprint density at radius 1 is 1.42 bits per heavy atom. The van der Waals surface area contributed by atoms with Crippen LogP contribution in [0, 0.1) is 0 Å². The SMILES string of the molecule is O=C1CCCC(CCCBr)=C1O. The summed E-state index contributed by atoms with van der Waals surface area (Å²) < 4.78 is 0. The van der Waals surface area contributed by atoms with Gasteiger partial charge < -0.3 is 5.11 Å². The average Bonchev–Trinajstić information content (AvgIpc) is 2.08. The zero-order chi connectivity index (χ0) is 8.97. The summed E-state index contributed by atoms with van der Waals surface area (Å²) in [6, 6.07) is 0. The van der Waals surface area contributed by atoms with Crippen LogP contribution < -0.4 is 0 Å². The molecule has 0 aromatic carbocycles. The Morgan fingerprint density at radius 3 is 2.83 bits per heavy atom. The van der Waals surface area contributed by atoms with E-state index in [2.05, 4.69) is 15.9 Å². The number of halogens is 1. The van der Waals surface area contributed by atoms with Gasteiger partial charge >= 0.3 is 0 Å². The van der Waals surface area contributed by atoms with E-state index >= 15 is 0 Å². The number of carbonyl (C=O) groups excluding carboxylic acids is 1. The minimum atomic E-state index is -0.0779. The first-order valence-electron chi connectivity index (χ1n) is 4.26. The molecule has 0 saturated heterocycles. The molecule has 0 aromatic heterocycles. The van der Waals surface area contributed by atoms with Gasteiger partial charge in [0.05, 0.1) is 0 Å². The van der Waals surface area contributed by atoms with Gasteiger partial charge in [-0.05, 0) is 31.3 Å². The van der Waals surface area contributed by atoms with Crippen LogP contribution in [0.4, 0.5) is 0 Å². The Bertz CT molecular complexity index is 209. The highest BCUT2D eigenvalue weighted by Gasteiger charge is 2.18. The number of carbonyl (C=O) groups is 1. The molecular weight excluding hydrogens is 220 g/mol. The molecule has 1 aliphatic rings. The standard InChI is InChI=1S/C9H13BrO2/c10-6-2-4-7-3-1-5-8(11)9(7)12/h12H,1-6H2. The Hall–Kier alpha value is -0.310. The minimum absolute atomic E-state index is 0.0437. The van der Waals surface area contributed by atoms with Crippen LogP contribution in [0.1, 0.15) is 32.1 Å². The molecule has 0 bridgehead atoms. The van der Waals surface area contributed by atoms with Crippen molar-refractivity contribution in [1.82, 2.24) is 0 Å². The number of aliphatic hydroxyl groups is 1. The molecule has 0 atom stereocenters. The van der Waals surface area contributed by atoms with E-state index < -0.39 is 0 Å². The van der Waals surface area contributed by atoms with Crippen molar-refractivity contribution in [2.45, 2.75) is 32.1 Å². The maximum Gasteiger partial charge on any atom is 0.197 e. The highest BCUT2D eigenvalue weighted by Crippen LogP contribution is 2.24. The first kappa shape index (κ1) is 9.78. The summed E-state index contributed by atoms with van der Waals surface area (Å²) in [4.78, 5) is 11.0. The number of hydrogen-bond donors (Lipinski definition) is 1. The molecule has 1 aliphatic carbocycles. The Labute approximate surface area is 80.8 Å². The number of rotatable bonds is 3. The van der Waals surface area contributed by atoms with Gasteiger partial charge in [-0.15, -0.1) is 0 Å². The molecular formula is C9H13BrO2. The second kappa shape index (κ2) is 4.65. The molecule has 0 unspecified atom stereocenters. The fraction of sp³-hybridized carbons (Fsp3) is 0.667. The van der Waals surface area contributed by atoms with Crippen LogP contribution in [-0.4, -0.2) is 16.2 Å². The number of allylic oxidation sites excluding steroid dienone is 2. The zero-order valence-electron chi connectivity index (χ0n) is 6.98. The van der Waals surface area contributed by atoms with Crippen LogP contribution in [0.15, 0.2) is 11.3 Å². The maximum absolute atomic E-state index is 11.0. The van der Waals surface area contributed by atoms with Crippen molar-refractivity contribution in [2.24, 2.45) is 0 Å². The summed E-state index contributed by atoms with van der Waals surface area (Å²) >= 11 is 3.32. The van der Waals surface area contributed by atoms with E-state index in [1.807, 2.05) is 0 Å². The van der Waals surface area contributed by atoms with Gasteiger partial charge in [-0.25, -0.2) is 0 Å². The Kier molecular flexibility index (Phi) is 3.79. The molecule has 0 aliphatic heterocycles. The van der Waals surface area contributed by atoms with E-state index in [0.717, 1.165) is 36.6 Å². The molecule has 0 spiro atoms. The maximum atomic E-state index is 11.0. The van der Waals surface area contributed by atoms with Crippen molar-refractivity contribution in [3.05, 3.63) is 11.3 Å². The van der Waals surface area contributed by atoms with Gasteiger partial charge in [0.15, 0.2) is 11.5 Å². The van der Waals surface area contributed by atoms with Crippen LogP contribution in [0.5, 0.6) is 0 Å². The summed E-state index contributed by atoms with van der Waals surface area (Å²) in [6.07, 6.45) is 4.16. The Morgan fingerprint density at radius 2 is 2.17 bits per heavy atom. The van der Waals surface area contributed by atoms with Crippen LogP contribution >= 0.6 is 15.9 Å². The highest BCUT2D eigenvalue weighted by atomic mass is 79.9. The lowest BCUT2D eigenvalue weighted by atomic mass is 9.94. The average molecular weight is 233 g/mol. The molecule has 0 amide bonds.